The molecular weight excluding hydrogens is 347 g/mol. The SMILES string of the molecule is C[C@]12CCC(=N)C=C1C1CC1[C@@H]1[C@@H]2CC[C@]2(C)C(c3cncc(F)c3)=CC[C@@H]12. The number of nitrogens with one attached hydrogen (secondary N) is 1. The molecule has 28 heavy (non-hydrogen) atoms. The van der Waals surface area contributed by atoms with Crippen LogP contribution in [0.1, 0.15) is 57.9 Å². The first-order valence-corrected chi connectivity index (χ1v) is 11.0. The minimum absolute atomic E-state index is 0.155. The Kier molecular flexibility index (Phi) is 3.32. The predicted molar refractivity (Wildman–Crippen MR) is 109 cm³/mol. The highest BCUT2D eigenvalue weighted by atomic mass is 19.1. The van der Waals surface area contributed by atoms with E-state index in [2.05, 4.69) is 31.0 Å². The van der Waals surface area contributed by atoms with Crippen LogP contribution in [0.3, 0.4) is 0 Å². The molecule has 1 aromatic heterocycles. The van der Waals surface area contributed by atoms with Gasteiger partial charge in [-0.05, 0) is 102 Å². The molecule has 2 nitrogen and oxygen atoms in total. The molecule has 1 heterocycles. The second-order valence-electron chi connectivity index (χ2n) is 10.5. The summed E-state index contributed by atoms with van der Waals surface area (Å²) in [4.78, 5) is 4.13. The number of pyridine rings is 1. The number of rotatable bonds is 1. The van der Waals surface area contributed by atoms with Crippen LogP contribution in [0, 0.1) is 51.6 Å². The first kappa shape index (κ1) is 17.1. The topological polar surface area (TPSA) is 36.7 Å². The fourth-order valence-corrected chi connectivity index (χ4v) is 8.01. The number of nitrogens with zero attached hydrogens (tertiary/aromatic N) is 1. The van der Waals surface area contributed by atoms with Crippen LogP contribution in [-0.4, -0.2) is 10.7 Å². The molecule has 0 bridgehead atoms. The van der Waals surface area contributed by atoms with Crippen LogP contribution in [0.2, 0.25) is 0 Å². The molecule has 146 valence electrons. The Labute approximate surface area is 166 Å². The molecule has 0 saturated heterocycles. The summed E-state index contributed by atoms with van der Waals surface area (Å²) < 4.78 is 13.9. The molecule has 6 rings (SSSR count). The zero-order chi connectivity index (χ0) is 19.3. The van der Waals surface area contributed by atoms with Crippen molar-refractivity contribution in [3.8, 4) is 0 Å². The number of aromatic nitrogens is 1. The normalized spacial score (nSPS) is 46.0. The summed E-state index contributed by atoms with van der Waals surface area (Å²) in [7, 11) is 0. The molecule has 5 aliphatic rings. The monoisotopic (exact) mass is 376 g/mol. The van der Waals surface area contributed by atoms with E-state index in [1.165, 1.54) is 37.5 Å². The Bertz CT molecular complexity index is 946. The number of allylic oxidation sites excluding steroid dienone is 4. The van der Waals surface area contributed by atoms with Gasteiger partial charge in [-0.3, -0.25) is 4.98 Å². The van der Waals surface area contributed by atoms with Crippen LogP contribution in [0.5, 0.6) is 0 Å². The lowest BCUT2D eigenvalue weighted by Gasteiger charge is -2.58. The van der Waals surface area contributed by atoms with E-state index in [4.69, 9.17) is 5.41 Å². The van der Waals surface area contributed by atoms with Gasteiger partial charge in [0.1, 0.15) is 5.82 Å². The third-order valence-electron chi connectivity index (χ3n) is 9.38. The van der Waals surface area contributed by atoms with Gasteiger partial charge in [0, 0.05) is 11.9 Å². The fraction of sp³-hybridized carbons (Fsp3) is 0.600. The van der Waals surface area contributed by atoms with Gasteiger partial charge in [0.05, 0.1) is 6.20 Å². The van der Waals surface area contributed by atoms with Gasteiger partial charge in [0.2, 0.25) is 0 Å². The molecule has 2 unspecified atom stereocenters. The van der Waals surface area contributed by atoms with Crippen LogP contribution in [0.15, 0.2) is 36.2 Å². The zero-order valence-electron chi connectivity index (χ0n) is 16.8. The highest BCUT2D eigenvalue weighted by molar-refractivity contribution is 5.94. The zero-order valence-corrected chi connectivity index (χ0v) is 16.8. The Morgan fingerprint density at radius 1 is 1.14 bits per heavy atom. The molecule has 1 aromatic rings. The Morgan fingerprint density at radius 2 is 2.00 bits per heavy atom. The van der Waals surface area contributed by atoms with Crippen molar-refractivity contribution < 1.29 is 4.39 Å². The Balaban J connectivity index is 1.38. The number of hydrogen-bond donors (Lipinski definition) is 1. The van der Waals surface area contributed by atoms with Crippen LogP contribution >= 0.6 is 0 Å². The second-order valence-corrected chi connectivity index (χ2v) is 10.5. The summed E-state index contributed by atoms with van der Waals surface area (Å²) >= 11 is 0. The van der Waals surface area contributed by atoms with Gasteiger partial charge in [-0.15, -0.1) is 0 Å². The van der Waals surface area contributed by atoms with E-state index in [0.717, 1.165) is 47.8 Å². The van der Waals surface area contributed by atoms with Crippen molar-refractivity contribution in [3.05, 3.63) is 47.6 Å². The lowest BCUT2D eigenvalue weighted by Crippen LogP contribution is -2.51. The molecule has 3 saturated carbocycles. The maximum Gasteiger partial charge on any atom is 0.142 e. The van der Waals surface area contributed by atoms with E-state index in [1.54, 1.807) is 11.6 Å². The predicted octanol–water partition coefficient (Wildman–Crippen LogP) is 6.05. The van der Waals surface area contributed by atoms with Crippen molar-refractivity contribution in [2.24, 2.45) is 40.4 Å². The highest BCUT2D eigenvalue weighted by Gasteiger charge is 2.66. The van der Waals surface area contributed by atoms with Crippen molar-refractivity contribution in [3.63, 3.8) is 0 Å². The summed E-state index contributed by atoms with van der Waals surface area (Å²) in [5.74, 6) is 3.54. The van der Waals surface area contributed by atoms with E-state index >= 15 is 0 Å². The molecule has 0 amide bonds. The Hall–Kier alpha value is -1.77. The molecule has 5 aliphatic carbocycles. The molecule has 3 heteroatoms. The maximum atomic E-state index is 13.9. The van der Waals surface area contributed by atoms with Crippen molar-refractivity contribution in [2.75, 3.05) is 0 Å². The standard InChI is InChI=1S/C25H29FN2/c1-24-8-6-21-23(18-11-17(18)22-10-16(27)5-7-25(21,22)2)20(24)4-3-19(24)14-9-15(26)13-28-12-14/h3,9-10,12-13,17-18,20-21,23,27H,4-8,11H2,1-2H3/t17?,18?,20-,21-,23-,24+,25+/m0/s1. The summed E-state index contributed by atoms with van der Waals surface area (Å²) in [6, 6.07) is 1.67. The van der Waals surface area contributed by atoms with Gasteiger partial charge in [0.15, 0.2) is 0 Å². The van der Waals surface area contributed by atoms with Crippen LogP contribution < -0.4 is 0 Å². The average Bonchev–Trinajstić information content (AvgIpc) is 3.37. The third-order valence-corrected chi connectivity index (χ3v) is 9.38. The molecule has 0 spiro atoms. The van der Waals surface area contributed by atoms with Crippen molar-refractivity contribution in [1.82, 2.24) is 4.98 Å². The van der Waals surface area contributed by atoms with Gasteiger partial charge in [-0.25, -0.2) is 4.39 Å². The van der Waals surface area contributed by atoms with Crippen LogP contribution in [0.25, 0.3) is 5.57 Å². The minimum atomic E-state index is -0.231. The molecule has 1 N–H and O–H groups in total. The summed E-state index contributed by atoms with van der Waals surface area (Å²) in [5, 5.41) is 8.21. The van der Waals surface area contributed by atoms with E-state index in [0.29, 0.717) is 11.3 Å². The lowest BCUT2D eigenvalue weighted by molar-refractivity contribution is -0.0268. The molecule has 3 fully saturated rings. The number of hydrogen-bond acceptors (Lipinski definition) is 2. The maximum absolute atomic E-state index is 13.9. The quantitative estimate of drug-likeness (QED) is 0.636. The van der Waals surface area contributed by atoms with Crippen LogP contribution in [-0.2, 0) is 0 Å². The van der Waals surface area contributed by atoms with E-state index in [-0.39, 0.29) is 11.2 Å². The summed E-state index contributed by atoms with van der Waals surface area (Å²) in [6.45, 7) is 4.96. The fourth-order valence-electron chi connectivity index (χ4n) is 8.01. The van der Waals surface area contributed by atoms with Gasteiger partial charge >= 0.3 is 0 Å². The molecule has 0 aliphatic heterocycles. The number of fused-ring (bicyclic) bond motifs is 8. The molecule has 0 radical (unpaired) electrons. The van der Waals surface area contributed by atoms with Gasteiger partial charge in [-0.2, -0.15) is 0 Å². The average molecular weight is 377 g/mol. The smallest absolute Gasteiger partial charge is 0.142 e. The summed E-state index contributed by atoms with van der Waals surface area (Å²) in [5.41, 5.74) is 5.27. The highest BCUT2D eigenvalue weighted by Crippen LogP contribution is 2.74. The Morgan fingerprint density at radius 3 is 2.82 bits per heavy atom. The third kappa shape index (κ3) is 2.08. The van der Waals surface area contributed by atoms with E-state index < -0.39 is 0 Å². The molecule has 7 atom stereocenters. The number of halogens is 1. The van der Waals surface area contributed by atoms with Crippen LogP contribution in [0.4, 0.5) is 4.39 Å². The summed E-state index contributed by atoms with van der Waals surface area (Å²) in [6.07, 6.45) is 14.9. The van der Waals surface area contributed by atoms with Crippen molar-refractivity contribution in [1.29, 1.82) is 5.41 Å². The van der Waals surface area contributed by atoms with Gasteiger partial charge < -0.3 is 5.41 Å². The van der Waals surface area contributed by atoms with E-state index in [1.807, 2.05) is 6.20 Å². The largest absolute Gasteiger partial charge is 0.305 e. The second kappa shape index (κ2) is 5.43. The first-order valence-electron chi connectivity index (χ1n) is 11.0. The van der Waals surface area contributed by atoms with Gasteiger partial charge in [0.25, 0.3) is 0 Å². The lowest BCUT2D eigenvalue weighted by atomic mass is 9.46. The molecule has 0 aromatic carbocycles. The minimum Gasteiger partial charge on any atom is -0.305 e. The molecular formula is C25H29FN2. The van der Waals surface area contributed by atoms with Crippen molar-refractivity contribution >= 4 is 11.3 Å². The van der Waals surface area contributed by atoms with Crippen molar-refractivity contribution in [2.45, 2.75) is 52.4 Å². The van der Waals surface area contributed by atoms with E-state index in [9.17, 15) is 4.39 Å². The van der Waals surface area contributed by atoms with Gasteiger partial charge in [-0.1, -0.05) is 25.5 Å². The first-order chi connectivity index (χ1) is 13.4.